The molecule has 0 unspecified atom stereocenters. The van der Waals surface area contributed by atoms with Gasteiger partial charge in [-0.05, 0) is 36.6 Å². The molecule has 2 fully saturated rings. The molecule has 4 amide bonds. The van der Waals surface area contributed by atoms with Crippen LogP contribution in [0.4, 0.5) is 10.5 Å². The molecular weight excluding hydrogens is 318 g/mol. The molecule has 0 bridgehead atoms. The van der Waals surface area contributed by atoms with E-state index < -0.39 is 17.8 Å². The zero-order chi connectivity index (χ0) is 18.0. The smallest absolute Gasteiger partial charge is 0.331 e. The maximum absolute atomic E-state index is 12.8. The van der Waals surface area contributed by atoms with E-state index in [1.807, 2.05) is 43.3 Å². The largest absolute Gasteiger partial charge is 0.378 e. The van der Waals surface area contributed by atoms with Crippen LogP contribution in [-0.2, 0) is 9.59 Å². The third-order valence-corrected chi connectivity index (χ3v) is 4.79. The number of carbonyl (C=O) groups is 3. The first kappa shape index (κ1) is 17.2. The Morgan fingerprint density at radius 3 is 2.28 bits per heavy atom. The van der Waals surface area contributed by atoms with Gasteiger partial charge < -0.3 is 4.90 Å². The third kappa shape index (κ3) is 3.57. The van der Waals surface area contributed by atoms with Crippen molar-refractivity contribution in [2.24, 2.45) is 0 Å². The number of rotatable bonds is 3. The maximum atomic E-state index is 12.8. The predicted molar refractivity (Wildman–Crippen MR) is 96.0 cm³/mol. The summed E-state index contributed by atoms with van der Waals surface area (Å²) in [4.78, 5) is 40.3. The summed E-state index contributed by atoms with van der Waals surface area (Å²) in [6.07, 6.45) is 6.29. The van der Waals surface area contributed by atoms with Crippen molar-refractivity contribution in [3.63, 3.8) is 0 Å². The van der Waals surface area contributed by atoms with Gasteiger partial charge in [0.2, 0.25) is 0 Å². The average Bonchev–Trinajstić information content (AvgIpc) is 2.60. The van der Waals surface area contributed by atoms with Crippen molar-refractivity contribution in [1.29, 1.82) is 0 Å². The van der Waals surface area contributed by atoms with Crippen LogP contribution in [0.15, 0.2) is 29.8 Å². The predicted octanol–water partition coefficient (Wildman–Crippen LogP) is 2.55. The molecule has 2 aliphatic rings. The minimum Gasteiger partial charge on any atom is -0.378 e. The second-order valence-electron chi connectivity index (χ2n) is 6.77. The highest BCUT2D eigenvalue weighted by Crippen LogP contribution is 2.26. The Labute approximate surface area is 147 Å². The number of urea groups is 1. The Morgan fingerprint density at radius 2 is 1.68 bits per heavy atom. The fourth-order valence-corrected chi connectivity index (χ4v) is 3.38. The van der Waals surface area contributed by atoms with Crippen molar-refractivity contribution in [2.75, 3.05) is 19.0 Å². The van der Waals surface area contributed by atoms with Gasteiger partial charge in [-0.1, -0.05) is 31.4 Å². The first-order chi connectivity index (χ1) is 12.0. The zero-order valence-electron chi connectivity index (χ0n) is 14.6. The minimum absolute atomic E-state index is 0.0165. The fourth-order valence-electron chi connectivity index (χ4n) is 3.38. The molecule has 1 aromatic rings. The van der Waals surface area contributed by atoms with E-state index in [0.29, 0.717) is 0 Å². The van der Waals surface area contributed by atoms with Gasteiger partial charge in [-0.25, -0.2) is 4.79 Å². The Morgan fingerprint density at radius 1 is 1.04 bits per heavy atom. The number of hydrogen-bond donors (Lipinski definition) is 1. The van der Waals surface area contributed by atoms with Crippen molar-refractivity contribution in [3.05, 3.63) is 35.4 Å². The summed E-state index contributed by atoms with van der Waals surface area (Å²) in [5.74, 6) is -1.11. The SMILES string of the molecule is CN(C)c1ccc(/C=C2\C(=O)NC(=O)N(C3CCCCC3)C2=O)cc1. The first-order valence-electron chi connectivity index (χ1n) is 8.65. The van der Waals surface area contributed by atoms with Crippen molar-refractivity contribution in [3.8, 4) is 0 Å². The van der Waals surface area contributed by atoms with Crippen LogP contribution in [0.1, 0.15) is 37.7 Å². The van der Waals surface area contributed by atoms with E-state index in [1.54, 1.807) is 6.08 Å². The second-order valence-corrected chi connectivity index (χ2v) is 6.77. The van der Waals surface area contributed by atoms with Crippen LogP contribution in [0.3, 0.4) is 0 Å². The zero-order valence-corrected chi connectivity index (χ0v) is 14.6. The molecule has 1 N–H and O–H groups in total. The number of benzene rings is 1. The summed E-state index contributed by atoms with van der Waals surface area (Å²) in [5.41, 5.74) is 1.80. The van der Waals surface area contributed by atoms with E-state index in [0.717, 1.165) is 43.4 Å². The molecule has 6 nitrogen and oxygen atoms in total. The molecule has 3 rings (SSSR count). The number of nitrogens with zero attached hydrogens (tertiary/aromatic N) is 2. The number of amides is 4. The highest BCUT2D eigenvalue weighted by atomic mass is 16.2. The number of carbonyl (C=O) groups excluding carboxylic acids is 3. The van der Waals surface area contributed by atoms with Gasteiger partial charge in [-0.2, -0.15) is 0 Å². The van der Waals surface area contributed by atoms with Gasteiger partial charge in [0, 0.05) is 25.8 Å². The maximum Gasteiger partial charge on any atom is 0.331 e. The van der Waals surface area contributed by atoms with Gasteiger partial charge in [0.15, 0.2) is 0 Å². The van der Waals surface area contributed by atoms with Crippen LogP contribution in [-0.4, -0.2) is 42.9 Å². The molecule has 0 radical (unpaired) electrons. The van der Waals surface area contributed by atoms with Crippen LogP contribution in [0.2, 0.25) is 0 Å². The molecule has 6 heteroatoms. The lowest BCUT2D eigenvalue weighted by Crippen LogP contribution is -2.58. The van der Waals surface area contributed by atoms with Crippen LogP contribution >= 0.6 is 0 Å². The van der Waals surface area contributed by atoms with Crippen LogP contribution in [0.5, 0.6) is 0 Å². The lowest BCUT2D eigenvalue weighted by atomic mass is 9.93. The number of imide groups is 2. The molecule has 132 valence electrons. The number of anilines is 1. The van der Waals surface area contributed by atoms with E-state index in [-0.39, 0.29) is 11.6 Å². The summed E-state index contributed by atoms with van der Waals surface area (Å²) in [7, 11) is 3.89. The Balaban J connectivity index is 1.87. The number of barbiturate groups is 1. The van der Waals surface area contributed by atoms with Crippen LogP contribution in [0.25, 0.3) is 6.08 Å². The number of hydrogen-bond acceptors (Lipinski definition) is 4. The Bertz CT molecular complexity index is 716. The Hall–Kier alpha value is -2.63. The molecule has 0 atom stereocenters. The number of nitrogens with one attached hydrogen (secondary N) is 1. The molecule has 1 saturated heterocycles. The van der Waals surface area contributed by atoms with Crippen molar-refractivity contribution in [1.82, 2.24) is 10.2 Å². The van der Waals surface area contributed by atoms with Gasteiger partial charge in [-0.15, -0.1) is 0 Å². The molecule has 25 heavy (non-hydrogen) atoms. The van der Waals surface area contributed by atoms with E-state index in [1.165, 1.54) is 4.90 Å². The van der Waals surface area contributed by atoms with E-state index in [9.17, 15) is 14.4 Å². The normalized spacial score (nSPS) is 20.8. The second kappa shape index (κ2) is 7.09. The summed E-state index contributed by atoms with van der Waals surface area (Å²) in [6.45, 7) is 0. The van der Waals surface area contributed by atoms with Crippen molar-refractivity contribution >= 4 is 29.6 Å². The molecule has 1 aliphatic heterocycles. The molecule has 1 aromatic carbocycles. The van der Waals surface area contributed by atoms with Gasteiger partial charge in [-0.3, -0.25) is 19.8 Å². The first-order valence-corrected chi connectivity index (χ1v) is 8.65. The monoisotopic (exact) mass is 341 g/mol. The topological polar surface area (TPSA) is 69.7 Å². The van der Waals surface area contributed by atoms with Gasteiger partial charge in [0.05, 0.1) is 0 Å². The lowest BCUT2D eigenvalue weighted by Gasteiger charge is -2.35. The summed E-state index contributed by atoms with van der Waals surface area (Å²) in [6, 6.07) is 6.83. The molecule has 1 aliphatic carbocycles. The van der Waals surface area contributed by atoms with Gasteiger partial charge in [0.1, 0.15) is 5.57 Å². The third-order valence-electron chi connectivity index (χ3n) is 4.79. The van der Waals surface area contributed by atoms with Gasteiger partial charge >= 0.3 is 6.03 Å². The molecule has 0 spiro atoms. The summed E-state index contributed by atoms with van der Waals surface area (Å²) in [5, 5.41) is 2.31. The highest BCUT2D eigenvalue weighted by Gasteiger charge is 2.40. The molecule has 0 aromatic heterocycles. The van der Waals surface area contributed by atoms with Crippen molar-refractivity contribution < 1.29 is 14.4 Å². The van der Waals surface area contributed by atoms with Gasteiger partial charge in [0.25, 0.3) is 11.8 Å². The van der Waals surface area contributed by atoms with Crippen LogP contribution in [0, 0.1) is 0 Å². The standard InChI is InChI=1S/C19H23N3O3/c1-21(2)14-10-8-13(9-11-14)12-16-17(23)20-19(25)22(18(16)24)15-6-4-3-5-7-15/h8-12,15H,3-7H2,1-2H3,(H,20,23,25)/b16-12+. The fraction of sp³-hybridized carbons (Fsp3) is 0.421. The van der Waals surface area contributed by atoms with Crippen molar-refractivity contribution in [2.45, 2.75) is 38.1 Å². The summed E-state index contributed by atoms with van der Waals surface area (Å²) < 4.78 is 0. The molecular formula is C19H23N3O3. The molecule has 1 saturated carbocycles. The lowest BCUT2D eigenvalue weighted by molar-refractivity contribution is -0.132. The quantitative estimate of drug-likeness (QED) is 0.677. The Kier molecular flexibility index (Phi) is 4.88. The van der Waals surface area contributed by atoms with E-state index in [4.69, 9.17) is 0 Å². The summed E-state index contributed by atoms with van der Waals surface area (Å²) >= 11 is 0. The van der Waals surface area contributed by atoms with E-state index >= 15 is 0 Å². The highest BCUT2D eigenvalue weighted by molar-refractivity contribution is 6.31. The average molecular weight is 341 g/mol. The molecule has 1 heterocycles. The van der Waals surface area contributed by atoms with Crippen LogP contribution < -0.4 is 10.2 Å². The van der Waals surface area contributed by atoms with E-state index in [2.05, 4.69) is 5.32 Å². The minimum atomic E-state index is -0.626.